The molecule has 1 atom stereocenters. The molecule has 0 fully saturated rings. The second kappa shape index (κ2) is 8.12. The fraction of sp³-hybridized carbons (Fsp3) is 0.263. The molecule has 6 heteroatoms. The lowest BCUT2D eigenvalue weighted by Gasteiger charge is -2.22. The Morgan fingerprint density at radius 2 is 1.80 bits per heavy atom. The van der Waals surface area contributed by atoms with Crippen LogP contribution in [0.4, 0.5) is 10.1 Å². The number of benzene rings is 2. The first-order valence-corrected chi connectivity index (χ1v) is 8.29. The summed E-state index contributed by atoms with van der Waals surface area (Å²) in [6.45, 7) is 5.50. The van der Waals surface area contributed by atoms with E-state index >= 15 is 0 Å². The molecule has 2 rings (SSSR count). The van der Waals surface area contributed by atoms with E-state index in [1.54, 1.807) is 12.1 Å². The van der Waals surface area contributed by atoms with Gasteiger partial charge in [0.1, 0.15) is 11.9 Å². The van der Waals surface area contributed by atoms with Gasteiger partial charge in [0.2, 0.25) is 5.91 Å². The molecule has 0 unspecified atom stereocenters. The van der Waals surface area contributed by atoms with Crippen LogP contribution >= 0.6 is 11.6 Å². The van der Waals surface area contributed by atoms with Crippen LogP contribution in [-0.4, -0.2) is 17.9 Å². The highest BCUT2D eigenvalue weighted by molar-refractivity contribution is 6.31. The molecule has 0 aliphatic heterocycles. The van der Waals surface area contributed by atoms with E-state index in [0.717, 1.165) is 5.56 Å². The average molecular weight is 363 g/mol. The summed E-state index contributed by atoms with van der Waals surface area (Å²) in [4.78, 5) is 25.0. The van der Waals surface area contributed by atoms with Gasteiger partial charge in [-0.05, 0) is 42.7 Å². The molecule has 2 aromatic rings. The standard InChI is InChI=1S/C19H20ClFN2O2/c1-11(2)17(23-18(24)14-7-5-4-6-12(14)3)19(25)22-13-8-9-16(21)15(20)10-13/h4-11,17H,1-3H3,(H,22,25)(H,23,24)/t17-/m1/s1. The summed E-state index contributed by atoms with van der Waals surface area (Å²) >= 11 is 5.73. The summed E-state index contributed by atoms with van der Waals surface area (Å²) in [6, 6.07) is 10.3. The molecule has 0 saturated carbocycles. The summed E-state index contributed by atoms with van der Waals surface area (Å²) in [6.07, 6.45) is 0. The van der Waals surface area contributed by atoms with Crippen molar-refractivity contribution in [2.75, 3.05) is 5.32 Å². The minimum Gasteiger partial charge on any atom is -0.340 e. The zero-order valence-electron chi connectivity index (χ0n) is 14.3. The smallest absolute Gasteiger partial charge is 0.252 e. The maximum atomic E-state index is 13.2. The minimum atomic E-state index is -0.740. The monoisotopic (exact) mass is 362 g/mol. The normalized spacial score (nSPS) is 11.9. The first-order valence-electron chi connectivity index (χ1n) is 7.92. The van der Waals surface area contributed by atoms with Crippen LogP contribution in [0.2, 0.25) is 5.02 Å². The van der Waals surface area contributed by atoms with E-state index in [2.05, 4.69) is 10.6 Å². The maximum Gasteiger partial charge on any atom is 0.252 e. The number of halogens is 2. The summed E-state index contributed by atoms with van der Waals surface area (Å²) in [5.74, 6) is -1.40. The van der Waals surface area contributed by atoms with Gasteiger partial charge in [-0.3, -0.25) is 9.59 Å². The topological polar surface area (TPSA) is 58.2 Å². The summed E-state index contributed by atoms with van der Waals surface area (Å²) < 4.78 is 13.2. The number of carbonyl (C=O) groups is 2. The van der Waals surface area contributed by atoms with Gasteiger partial charge < -0.3 is 10.6 Å². The van der Waals surface area contributed by atoms with Gasteiger partial charge in [0.05, 0.1) is 5.02 Å². The zero-order chi connectivity index (χ0) is 18.6. The Balaban J connectivity index is 2.14. The summed E-state index contributed by atoms with van der Waals surface area (Å²) in [5, 5.41) is 5.34. The molecule has 2 aromatic carbocycles. The lowest BCUT2D eigenvalue weighted by Crippen LogP contribution is -2.47. The van der Waals surface area contributed by atoms with Crippen molar-refractivity contribution in [2.24, 2.45) is 5.92 Å². The van der Waals surface area contributed by atoms with E-state index in [0.29, 0.717) is 11.3 Å². The van der Waals surface area contributed by atoms with Gasteiger partial charge in [0, 0.05) is 11.3 Å². The molecule has 0 aromatic heterocycles. The van der Waals surface area contributed by atoms with E-state index in [9.17, 15) is 14.0 Å². The summed E-state index contributed by atoms with van der Waals surface area (Å²) in [7, 11) is 0. The zero-order valence-corrected chi connectivity index (χ0v) is 15.0. The van der Waals surface area contributed by atoms with Crippen LogP contribution in [-0.2, 0) is 4.79 Å². The van der Waals surface area contributed by atoms with Crippen LogP contribution in [0.25, 0.3) is 0 Å². The average Bonchev–Trinajstić information content (AvgIpc) is 2.55. The Hall–Kier alpha value is -2.40. The Morgan fingerprint density at radius 1 is 1.12 bits per heavy atom. The predicted octanol–water partition coefficient (Wildman–Crippen LogP) is 4.18. The van der Waals surface area contributed by atoms with Crippen molar-refractivity contribution in [3.63, 3.8) is 0 Å². The molecule has 0 spiro atoms. The van der Waals surface area contributed by atoms with Crippen LogP contribution in [0, 0.1) is 18.7 Å². The SMILES string of the molecule is Cc1ccccc1C(=O)N[C@@H](C(=O)Nc1ccc(F)c(Cl)c1)C(C)C. The fourth-order valence-corrected chi connectivity index (χ4v) is 2.56. The van der Waals surface area contributed by atoms with Crippen molar-refractivity contribution in [3.8, 4) is 0 Å². The van der Waals surface area contributed by atoms with Crippen LogP contribution in [0.1, 0.15) is 29.8 Å². The minimum absolute atomic E-state index is 0.0807. The Morgan fingerprint density at radius 3 is 2.40 bits per heavy atom. The van der Waals surface area contributed by atoms with Crippen LogP contribution in [0.15, 0.2) is 42.5 Å². The quantitative estimate of drug-likeness (QED) is 0.838. The number of amides is 2. The molecule has 4 nitrogen and oxygen atoms in total. The van der Waals surface area contributed by atoms with Gasteiger partial charge in [-0.15, -0.1) is 0 Å². The Labute approximate surface area is 151 Å². The molecule has 0 heterocycles. The van der Waals surface area contributed by atoms with Crippen LogP contribution in [0.3, 0.4) is 0 Å². The lowest BCUT2D eigenvalue weighted by atomic mass is 10.0. The van der Waals surface area contributed by atoms with E-state index in [-0.39, 0.29) is 22.8 Å². The molecular weight excluding hydrogens is 343 g/mol. The molecule has 0 radical (unpaired) electrons. The lowest BCUT2D eigenvalue weighted by molar-refractivity contribution is -0.118. The van der Waals surface area contributed by atoms with E-state index in [1.165, 1.54) is 18.2 Å². The molecule has 2 amide bonds. The van der Waals surface area contributed by atoms with Crippen molar-refractivity contribution < 1.29 is 14.0 Å². The Bertz CT molecular complexity index is 793. The second-order valence-corrected chi connectivity index (χ2v) is 6.54. The molecule has 132 valence electrons. The third-order valence-electron chi connectivity index (χ3n) is 3.81. The Kier molecular flexibility index (Phi) is 6.15. The first-order chi connectivity index (χ1) is 11.8. The van der Waals surface area contributed by atoms with Gasteiger partial charge in [0.15, 0.2) is 0 Å². The molecular formula is C19H20ClFN2O2. The van der Waals surface area contributed by atoms with Gasteiger partial charge >= 0.3 is 0 Å². The first kappa shape index (κ1) is 18.9. The number of hydrogen-bond acceptors (Lipinski definition) is 2. The second-order valence-electron chi connectivity index (χ2n) is 6.13. The highest BCUT2D eigenvalue weighted by atomic mass is 35.5. The highest BCUT2D eigenvalue weighted by Crippen LogP contribution is 2.20. The van der Waals surface area contributed by atoms with Crippen molar-refractivity contribution in [3.05, 3.63) is 64.4 Å². The van der Waals surface area contributed by atoms with E-state index in [1.807, 2.05) is 32.9 Å². The van der Waals surface area contributed by atoms with Crippen LogP contribution in [0.5, 0.6) is 0 Å². The highest BCUT2D eigenvalue weighted by Gasteiger charge is 2.25. The predicted molar refractivity (Wildman–Crippen MR) is 97.3 cm³/mol. The van der Waals surface area contributed by atoms with Gasteiger partial charge in [-0.1, -0.05) is 43.6 Å². The molecule has 0 aliphatic carbocycles. The maximum absolute atomic E-state index is 13.2. The van der Waals surface area contributed by atoms with Gasteiger partial charge in [-0.25, -0.2) is 4.39 Å². The molecule has 2 N–H and O–H groups in total. The van der Waals surface area contributed by atoms with Gasteiger partial charge in [0.25, 0.3) is 5.91 Å². The molecule has 0 bridgehead atoms. The largest absolute Gasteiger partial charge is 0.340 e. The number of hydrogen-bond donors (Lipinski definition) is 2. The molecule has 0 saturated heterocycles. The van der Waals surface area contributed by atoms with Crippen molar-refractivity contribution in [2.45, 2.75) is 26.8 Å². The van der Waals surface area contributed by atoms with E-state index in [4.69, 9.17) is 11.6 Å². The number of aryl methyl sites for hydroxylation is 1. The third-order valence-corrected chi connectivity index (χ3v) is 4.10. The van der Waals surface area contributed by atoms with Gasteiger partial charge in [-0.2, -0.15) is 0 Å². The van der Waals surface area contributed by atoms with Crippen LogP contribution < -0.4 is 10.6 Å². The third kappa shape index (κ3) is 4.79. The van der Waals surface area contributed by atoms with Crippen molar-refractivity contribution >= 4 is 29.1 Å². The van der Waals surface area contributed by atoms with E-state index < -0.39 is 11.9 Å². The number of anilines is 1. The fourth-order valence-electron chi connectivity index (χ4n) is 2.38. The number of rotatable bonds is 5. The number of nitrogens with one attached hydrogen (secondary N) is 2. The van der Waals surface area contributed by atoms with Crippen molar-refractivity contribution in [1.29, 1.82) is 0 Å². The molecule has 0 aliphatic rings. The summed E-state index contributed by atoms with van der Waals surface area (Å²) in [5.41, 5.74) is 1.71. The number of carbonyl (C=O) groups excluding carboxylic acids is 2. The van der Waals surface area contributed by atoms with Crippen molar-refractivity contribution in [1.82, 2.24) is 5.32 Å². The molecule has 25 heavy (non-hydrogen) atoms.